The molecule has 0 radical (unpaired) electrons. The van der Waals surface area contributed by atoms with Crippen molar-refractivity contribution in [2.75, 3.05) is 0 Å². The summed E-state index contributed by atoms with van der Waals surface area (Å²) in [5.74, 6) is 0.477. The van der Waals surface area contributed by atoms with Gasteiger partial charge in [0.15, 0.2) is 0 Å². The highest BCUT2D eigenvalue weighted by molar-refractivity contribution is 7.10. The van der Waals surface area contributed by atoms with E-state index in [2.05, 4.69) is 35.7 Å². The summed E-state index contributed by atoms with van der Waals surface area (Å²) in [6, 6.07) is 2.00. The molecular weight excluding hydrogens is 224 g/mol. The van der Waals surface area contributed by atoms with Crippen molar-refractivity contribution in [2.24, 2.45) is 5.73 Å². The summed E-state index contributed by atoms with van der Waals surface area (Å²) in [4.78, 5) is 4.56. The number of nitrogens with two attached hydrogens (primary N) is 1. The summed E-state index contributed by atoms with van der Waals surface area (Å²) in [6.45, 7) is 4.30. The molecule has 2 nitrogen and oxygen atoms in total. The molecule has 15 heavy (non-hydrogen) atoms. The van der Waals surface area contributed by atoms with Gasteiger partial charge in [0.1, 0.15) is 5.01 Å². The van der Waals surface area contributed by atoms with Crippen LogP contribution < -0.4 is 5.73 Å². The minimum atomic E-state index is -0.0613. The Balaban J connectivity index is 2.23. The minimum Gasteiger partial charge on any atom is -0.318 e. The molecule has 0 fully saturated rings. The van der Waals surface area contributed by atoms with Gasteiger partial charge in [0.25, 0.3) is 0 Å². The van der Waals surface area contributed by atoms with Crippen LogP contribution in [0.5, 0.6) is 0 Å². The number of rotatable bonds is 3. The normalized spacial score (nSPS) is 13.3. The molecule has 2 N–H and O–H groups in total. The van der Waals surface area contributed by atoms with E-state index in [0.717, 1.165) is 16.3 Å². The second-order valence-corrected chi connectivity index (χ2v) is 5.47. The lowest BCUT2D eigenvalue weighted by molar-refractivity contribution is 0.797. The first-order valence-corrected chi connectivity index (χ1v) is 6.73. The lowest BCUT2D eigenvalue weighted by atomic mass is 10.1. The van der Waals surface area contributed by atoms with Gasteiger partial charge in [0, 0.05) is 5.38 Å². The van der Waals surface area contributed by atoms with Gasteiger partial charge in [-0.25, -0.2) is 4.98 Å². The number of thiazole rings is 1. The van der Waals surface area contributed by atoms with Gasteiger partial charge >= 0.3 is 0 Å². The van der Waals surface area contributed by atoms with Crippen molar-refractivity contribution in [3.05, 3.63) is 38.5 Å². The second kappa shape index (κ2) is 4.43. The Hall–Kier alpha value is -0.710. The van der Waals surface area contributed by atoms with E-state index in [-0.39, 0.29) is 6.04 Å². The largest absolute Gasteiger partial charge is 0.318 e. The zero-order chi connectivity index (χ0) is 10.8. The lowest BCUT2D eigenvalue weighted by Gasteiger charge is -2.05. The average Bonchev–Trinajstić information content (AvgIpc) is 2.88. The number of thiophene rings is 1. The molecule has 80 valence electrons. The molecule has 0 aliphatic rings. The Morgan fingerprint density at radius 2 is 2.13 bits per heavy atom. The zero-order valence-corrected chi connectivity index (χ0v) is 10.4. The maximum atomic E-state index is 6.13. The third-order valence-electron chi connectivity index (χ3n) is 2.30. The molecule has 2 heterocycles. The van der Waals surface area contributed by atoms with Crippen LogP contribution in [0.4, 0.5) is 0 Å². The highest BCUT2D eigenvalue weighted by Gasteiger charge is 2.14. The van der Waals surface area contributed by atoms with E-state index >= 15 is 0 Å². The molecular formula is C11H14N2S2. The van der Waals surface area contributed by atoms with Gasteiger partial charge in [0.05, 0.1) is 11.7 Å². The smallest absolute Gasteiger partial charge is 0.114 e. The standard InChI is InChI=1S/C11H14N2S2/c1-7(2)9-6-15-11(13-9)10(12)8-3-4-14-5-8/h3-7,10H,12H2,1-2H3. The van der Waals surface area contributed by atoms with Crippen LogP contribution in [0.2, 0.25) is 0 Å². The molecule has 2 aromatic rings. The van der Waals surface area contributed by atoms with Gasteiger partial charge in [-0.1, -0.05) is 13.8 Å². The van der Waals surface area contributed by atoms with Crippen molar-refractivity contribution >= 4 is 22.7 Å². The van der Waals surface area contributed by atoms with Crippen LogP contribution >= 0.6 is 22.7 Å². The van der Waals surface area contributed by atoms with E-state index in [9.17, 15) is 0 Å². The van der Waals surface area contributed by atoms with Crippen LogP contribution in [0.1, 0.15) is 42.1 Å². The predicted octanol–water partition coefficient (Wildman–Crippen LogP) is 3.38. The molecule has 1 atom stereocenters. The summed E-state index contributed by atoms with van der Waals surface area (Å²) >= 11 is 3.33. The van der Waals surface area contributed by atoms with E-state index in [1.807, 2.05) is 5.38 Å². The molecule has 0 bridgehead atoms. The number of hydrogen-bond acceptors (Lipinski definition) is 4. The van der Waals surface area contributed by atoms with Gasteiger partial charge in [-0.15, -0.1) is 11.3 Å². The molecule has 0 aliphatic heterocycles. The zero-order valence-electron chi connectivity index (χ0n) is 8.81. The maximum Gasteiger partial charge on any atom is 0.114 e. The first-order valence-electron chi connectivity index (χ1n) is 4.91. The highest BCUT2D eigenvalue weighted by atomic mass is 32.1. The molecule has 0 saturated heterocycles. The van der Waals surface area contributed by atoms with Gasteiger partial charge in [-0.3, -0.25) is 0 Å². The number of aromatic nitrogens is 1. The Morgan fingerprint density at radius 3 is 2.67 bits per heavy atom. The quantitative estimate of drug-likeness (QED) is 0.890. The van der Waals surface area contributed by atoms with Gasteiger partial charge in [0.2, 0.25) is 0 Å². The van der Waals surface area contributed by atoms with Crippen LogP contribution in [0, 0.1) is 0 Å². The molecule has 1 unspecified atom stereocenters. The third-order valence-corrected chi connectivity index (χ3v) is 3.95. The summed E-state index contributed by atoms with van der Waals surface area (Å²) in [7, 11) is 0. The van der Waals surface area contributed by atoms with E-state index in [4.69, 9.17) is 5.73 Å². The van der Waals surface area contributed by atoms with E-state index < -0.39 is 0 Å². The molecule has 0 saturated carbocycles. The molecule has 0 aliphatic carbocycles. The van der Waals surface area contributed by atoms with Crippen LogP contribution in [-0.2, 0) is 0 Å². The molecule has 0 amide bonds. The Kier molecular flexibility index (Phi) is 3.19. The average molecular weight is 238 g/mol. The van der Waals surface area contributed by atoms with Crippen LogP contribution in [0.25, 0.3) is 0 Å². The van der Waals surface area contributed by atoms with Gasteiger partial charge in [-0.2, -0.15) is 11.3 Å². The Labute approximate surface area is 97.8 Å². The van der Waals surface area contributed by atoms with Crippen molar-refractivity contribution in [3.8, 4) is 0 Å². The van der Waals surface area contributed by atoms with E-state index in [1.54, 1.807) is 22.7 Å². The first kappa shape index (κ1) is 10.8. The molecule has 2 aromatic heterocycles. The first-order chi connectivity index (χ1) is 7.18. The van der Waals surface area contributed by atoms with Crippen LogP contribution in [0.15, 0.2) is 22.2 Å². The van der Waals surface area contributed by atoms with Crippen LogP contribution in [0.3, 0.4) is 0 Å². The topological polar surface area (TPSA) is 38.9 Å². The number of nitrogens with zero attached hydrogens (tertiary/aromatic N) is 1. The predicted molar refractivity (Wildman–Crippen MR) is 66.6 cm³/mol. The molecule has 4 heteroatoms. The lowest BCUT2D eigenvalue weighted by Crippen LogP contribution is -2.10. The summed E-state index contributed by atoms with van der Waals surface area (Å²) in [5, 5.41) is 7.25. The van der Waals surface area contributed by atoms with Gasteiger partial charge in [-0.05, 0) is 28.3 Å². The fourth-order valence-corrected chi connectivity index (χ4v) is 3.01. The van der Waals surface area contributed by atoms with E-state index in [0.29, 0.717) is 5.92 Å². The van der Waals surface area contributed by atoms with Crippen molar-refractivity contribution < 1.29 is 0 Å². The summed E-state index contributed by atoms with van der Waals surface area (Å²) < 4.78 is 0. The SMILES string of the molecule is CC(C)c1csc(C(N)c2ccsc2)n1. The number of hydrogen-bond donors (Lipinski definition) is 1. The summed E-state index contributed by atoms with van der Waals surface area (Å²) in [6.07, 6.45) is 0. The van der Waals surface area contributed by atoms with Crippen LogP contribution in [-0.4, -0.2) is 4.98 Å². The highest BCUT2D eigenvalue weighted by Crippen LogP contribution is 2.26. The molecule has 0 spiro atoms. The molecule has 0 aromatic carbocycles. The van der Waals surface area contributed by atoms with Crippen molar-refractivity contribution in [3.63, 3.8) is 0 Å². The molecule has 2 rings (SSSR count). The van der Waals surface area contributed by atoms with Gasteiger partial charge < -0.3 is 5.73 Å². The fraction of sp³-hybridized carbons (Fsp3) is 0.364. The maximum absolute atomic E-state index is 6.13. The Bertz CT molecular complexity index is 417. The monoisotopic (exact) mass is 238 g/mol. The third kappa shape index (κ3) is 2.27. The van der Waals surface area contributed by atoms with Crippen molar-refractivity contribution in [1.29, 1.82) is 0 Å². The fourth-order valence-electron chi connectivity index (χ4n) is 1.30. The van der Waals surface area contributed by atoms with Crippen molar-refractivity contribution in [1.82, 2.24) is 4.98 Å². The second-order valence-electron chi connectivity index (χ2n) is 3.80. The van der Waals surface area contributed by atoms with E-state index in [1.165, 1.54) is 0 Å². The minimum absolute atomic E-state index is 0.0613. The Morgan fingerprint density at radius 1 is 1.33 bits per heavy atom. The van der Waals surface area contributed by atoms with Crippen molar-refractivity contribution in [2.45, 2.75) is 25.8 Å². The summed E-state index contributed by atoms with van der Waals surface area (Å²) in [5.41, 5.74) is 8.43.